The van der Waals surface area contributed by atoms with Crippen molar-refractivity contribution < 1.29 is 17.9 Å². The van der Waals surface area contributed by atoms with E-state index in [2.05, 4.69) is 53.4 Å². The molecule has 0 aliphatic carbocycles. The minimum absolute atomic E-state index is 0.0737. The van der Waals surface area contributed by atoms with Crippen LogP contribution in [0.1, 0.15) is 24.1 Å². The van der Waals surface area contributed by atoms with Crippen LogP contribution in [-0.4, -0.2) is 69.7 Å². The molecule has 0 N–H and O–H groups in total. The van der Waals surface area contributed by atoms with Crippen molar-refractivity contribution >= 4 is 33.4 Å². The molecule has 4 aromatic rings. The summed E-state index contributed by atoms with van der Waals surface area (Å²) in [4.78, 5) is 19.0. The number of amides is 1. The van der Waals surface area contributed by atoms with Crippen LogP contribution in [0.4, 0.5) is 5.69 Å². The zero-order chi connectivity index (χ0) is 30.2. The molecule has 9 heteroatoms. The van der Waals surface area contributed by atoms with Gasteiger partial charge in [-0.1, -0.05) is 60.7 Å². The molecule has 1 aliphatic heterocycles. The summed E-state index contributed by atoms with van der Waals surface area (Å²) in [6.45, 7) is 4.47. The fourth-order valence-electron chi connectivity index (χ4n) is 5.40. The fourth-order valence-corrected chi connectivity index (χ4v) is 7.22. The molecule has 0 atom stereocenters. The van der Waals surface area contributed by atoms with E-state index in [4.69, 9.17) is 4.74 Å². The second-order valence-electron chi connectivity index (χ2n) is 10.3. The summed E-state index contributed by atoms with van der Waals surface area (Å²) in [5.74, 6) is 0.413. The lowest BCUT2D eigenvalue weighted by Crippen LogP contribution is -2.52. The van der Waals surface area contributed by atoms with Crippen LogP contribution in [0.15, 0.2) is 119 Å². The van der Waals surface area contributed by atoms with Gasteiger partial charge in [-0.25, -0.2) is 8.42 Å². The quantitative estimate of drug-likeness (QED) is 0.195. The van der Waals surface area contributed by atoms with Crippen LogP contribution in [0, 0.1) is 0 Å². The topological polar surface area (TPSA) is 70.2 Å². The molecule has 0 unspecified atom stereocenters. The molecule has 0 aromatic heterocycles. The van der Waals surface area contributed by atoms with Gasteiger partial charge >= 0.3 is 0 Å². The Kier molecular flexibility index (Phi) is 10.1. The van der Waals surface area contributed by atoms with Crippen molar-refractivity contribution in [1.29, 1.82) is 0 Å². The Morgan fingerprint density at radius 1 is 0.814 bits per heavy atom. The van der Waals surface area contributed by atoms with E-state index in [1.54, 1.807) is 65.2 Å². The van der Waals surface area contributed by atoms with Gasteiger partial charge in [-0.15, -0.1) is 11.8 Å². The normalized spacial score (nSPS) is 14.1. The lowest BCUT2D eigenvalue weighted by Gasteiger charge is -2.40. The van der Waals surface area contributed by atoms with Crippen LogP contribution in [-0.2, 0) is 14.8 Å². The van der Waals surface area contributed by atoms with Gasteiger partial charge in [-0.3, -0.25) is 14.0 Å². The van der Waals surface area contributed by atoms with E-state index in [0.29, 0.717) is 44.2 Å². The van der Waals surface area contributed by atoms with E-state index in [9.17, 15) is 13.2 Å². The molecule has 1 saturated heterocycles. The van der Waals surface area contributed by atoms with Gasteiger partial charge in [-0.2, -0.15) is 0 Å². The number of sulfonamides is 1. The molecule has 43 heavy (non-hydrogen) atoms. The number of ether oxygens (including phenoxy) is 1. The highest BCUT2D eigenvalue weighted by Crippen LogP contribution is 2.31. The van der Waals surface area contributed by atoms with Gasteiger partial charge in [0.15, 0.2) is 0 Å². The standard InChI is InChI=1S/C34H37N3O4S2/c1-3-41-30-16-14-29(15-17-30)37(43(39,40)32-20-18-31(42-2)19-21-32)26-33(38)35-22-24-36(25-23-35)34(27-10-6-4-7-11-27)28-12-8-5-9-13-28/h4-21,34H,3,22-26H2,1-2H3. The Bertz CT molecular complexity index is 1540. The Balaban J connectivity index is 1.35. The summed E-state index contributed by atoms with van der Waals surface area (Å²) in [7, 11) is -4.01. The first-order valence-electron chi connectivity index (χ1n) is 14.4. The highest BCUT2D eigenvalue weighted by molar-refractivity contribution is 7.98. The lowest BCUT2D eigenvalue weighted by molar-refractivity contribution is -0.131. The molecule has 1 aliphatic rings. The number of anilines is 1. The molecule has 1 heterocycles. The van der Waals surface area contributed by atoms with E-state index in [1.807, 2.05) is 25.3 Å². The van der Waals surface area contributed by atoms with Crippen molar-refractivity contribution in [3.8, 4) is 5.75 Å². The zero-order valence-electron chi connectivity index (χ0n) is 24.5. The Labute approximate surface area is 259 Å². The van der Waals surface area contributed by atoms with Crippen molar-refractivity contribution in [2.24, 2.45) is 0 Å². The number of carbonyl (C=O) groups excluding carboxylic acids is 1. The molecule has 7 nitrogen and oxygen atoms in total. The van der Waals surface area contributed by atoms with E-state index in [0.717, 1.165) is 4.90 Å². The van der Waals surface area contributed by atoms with Gasteiger partial charge in [-0.05, 0) is 72.8 Å². The average Bonchev–Trinajstić information content (AvgIpc) is 3.05. The lowest BCUT2D eigenvalue weighted by atomic mass is 9.96. The molecule has 0 saturated carbocycles. The molecule has 0 radical (unpaired) electrons. The molecule has 1 amide bonds. The third-order valence-corrected chi connectivity index (χ3v) is 10.2. The van der Waals surface area contributed by atoms with Crippen LogP contribution in [0.2, 0.25) is 0 Å². The van der Waals surface area contributed by atoms with Gasteiger partial charge in [0.25, 0.3) is 10.0 Å². The van der Waals surface area contributed by atoms with Gasteiger partial charge < -0.3 is 9.64 Å². The summed E-state index contributed by atoms with van der Waals surface area (Å²) in [5, 5.41) is 0. The second-order valence-corrected chi connectivity index (χ2v) is 13.0. The number of thioether (sulfide) groups is 1. The summed E-state index contributed by atoms with van der Waals surface area (Å²) < 4.78 is 34.6. The summed E-state index contributed by atoms with van der Waals surface area (Å²) in [6.07, 6.45) is 1.94. The van der Waals surface area contributed by atoms with Crippen molar-refractivity contribution in [2.45, 2.75) is 22.8 Å². The maximum atomic E-state index is 13.9. The molecular formula is C34H37N3O4S2. The first-order chi connectivity index (χ1) is 20.9. The summed E-state index contributed by atoms with van der Waals surface area (Å²) >= 11 is 1.54. The number of hydrogen-bond acceptors (Lipinski definition) is 6. The van der Waals surface area contributed by atoms with E-state index in [1.165, 1.54) is 15.4 Å². The second kappa shape index (κ2) is 14.1. The van der Waals surface area contributed by atoms with Gasteiger partial charge in [0.1, 0.15) is 12.3 Å². The number of piperazine rings is 1. The van der Waals surface area contributed by atoms with E-state index in [-0.39, 0.29) is 23.4 Å². The third kappa shape index (κ3) is 7.24. The van der Waals surface area contributed by atoms with E-state index < -0.39 is 10.0 Å². The van der Waals surface area contributed by atoms with Crippen LogP contribution >= 0.6 is 11.8 Å². The van der Waals surface area contributed by atoms with Gasteiger partial charge in [0, 0.05) is 31.1 Å². The number of benzene rings is 4. The van der Waals surface area contributed by atoms with Crippen molar-refractivity contribution in [3.05, 3.63) is 120 Å². The van der Waals surface area contributed by atoms with Crippen molar-refractivity contribution in [3.63, 3.8) is 0 Å². The molecule has 1 fully saturated rings. The SMILES string of the molecule is CCOc1ccc(N(CC(=O)N2CCN(C(c3ccccc3)c3ccccc3)CC2)S(=O)(=O)c2ccc(SC)cc2)cc1. The summed E-state index contributed by atoms with van der Waals surface area (Å²) in [5.41, 5.74) is 2.82. The number of nitrogens with zero attached hydrogens (tertiary/aromatic N) is 3. The molecular weight excluding hydrogens is 579 g/mol. The maximum Gasteiger partial charge on any atom is 0.264 e. The van der Waals surface area contributed by atoms with Crippen LogP contribution in [0.25, 0.3) is 0 Å². The van der Waals surface area contributed by atoms with Gasteiger partial charge in [0.2, 0.25) is 5.91 Å². The first kappa shape index (κ1) is 30.7. The number of rotatable bonds is 11. The minimum atomic E-state index is -4.01. The zero-order valence-corrected chi connectivity index (χ0v) is 26.1. The largest absolute Gasteiger partial charge is 0.494 e. The highest BCUT2D eigenvalue weighted by Gasteiger charge is 2.32. The number of hydrogen-bond donors (Lipinski definition) is 0. The Morgan fingerprint density at radius 2 is 1.37 bits per heavy atom. The third-order valence-electron chi connectivity index (χ3n) is 7.62. The minimum Gasteiger partial charge on any atom is -0.494 e. The predicted octanol–water partition coefficient (Wildman–Crippen LogP) is 5.94. The van der Waals surface area contributed by atoms with Crippen LogP contribution in [0.3, 0.4) is 0 Å². The summed E-state index contributed by atoms with van der Waals surface area (Å²) in [6, 6.07) is 34.5. The average molecular weight is 616 g/mol. The van der Waals surface area contributed by atoms with Crippen molar-refractivity contribution in [2.75, 3.05) is 49.9 Å². The highest BCUT2D eigenvalue weighted by atomic mass is 32.2. The fraction of sp³-hybridized carbons (Fsp3) is 0.265. The first-order valence-corrected chi connectivity index (χ1v) is 17.1. The molecule has 224 valence electrons. The smallest absolute Gasteiger partial charge is 0.264 e. The monoisotopic (exact) mass is 615 g/mol. The molecule has 4 aromatic carbocycles. The Morgan fingerprint density at radius 3 is 1.88 bits per heavy atom. The van der Waals surface area contributed by atoms with Crippen molar-refractivity contribution in [1.82, 2.24) is 9.80 Å². The predicted molar refractivity (Wildman–Crippen MR) is 173 cm³/mol. The number of carbonyl (C=O) groups is 1. The van der Waals surface area contributed by atoms with Crippen LogP contribution < -0.4 is 9.04 Å². The van der Waals surface area contributed by atoms with Gasteiger partial charge in [0.05, 0.1) is 23.2 Å². The Hall–Kier alpha value is -3.79. The maximum absolute atomic E-state index is 13.9. The molecule has 5 rings (SSSR count). The van der Waals surface area contributed by atoms with E-state index >= 15 is 0 Å². The van der Waals surface area contributed by atoms with Crippen LogP contribution in [0.5, 0.6) is 5.75 Å². The molecule has 0 bridgehead atoms. The molecule has 0 spiro atoms.